The second-order valence-corrected chi connectivity index (χ2v) is 6.15. The van der Waals surface area contributed by atoms with Crippen molar-refractivity contribution < 1.29 is 23.4 Å². The Morgan fingerprint density at radius 2 is 2.08 bits per heavy atom. The number of carbonyl (C=O) groups is 1. The Labute approximate surface area is 140 Å². The lowest BCUT2D eigenvalue weighted by Crippen LogP contribution is -2.41. The van der Waals surface area contributed by atoms with Gasteiger partial charge in [0.25, 0.3) is 5.92 Å². The van der Waals surface area contributed by atoms with E-state index in [2.05, 4.69) is 0 Å². The minimum absolute atomic E-state index is 0.0837. The zero-order chi connectivity index (χ0) is 17.6. The summed E-state index contributed by atoms with van der Waals surface area (Å²) in [5.41, 5.74) is 0.998. The fourth-order valence-electron chi connectivity index (χ4n) is 2.58. The van der Waals surface area contributed by atoms with Crippen LogP contribution in [0.3, 0.4) is 0 Å². The summed E-state index contributed by atoms with van der Waals surface area (Å²) >= 11 is 0. The van der Waals surface area contributed by atoms with Crippen LogP contribution in [0.4, 0.5) is 13.6 Å². The van der Waals surface area contributed by atoms with Gasteiger partial charge in [-0.3, -0.25) is 4.90 Å². The number of likely N-dealkylation sites (tertiary alicyclic amines) is 1. The molecule has 1 N–H and O–H groups in total. The van der Waals surface area contributed by atoms with Gasteiger partial charge in [0.05, 0.1) is 0 Å². The van der Waals surface area contributed by atoms with Crippen molar-refractivity contribution in [2.24, 2.45) is 0 Å². The molecular formula is C17H24F2N2O3. The number of carboxylic acid groups (broad SMARTS) is 1. The first-order valence-electron chi connectivity index (χ1n) is 8.12. The maximum atomic E-state index is 13.1. The highest BCUT2D eigenvalue weighted by Gasteiger charge is 2.33. The number of hydrogen-bond donors (Lipinski definition) is 1. The van der Waals surface area contributed by atoms with Gasteiger partial charge >= 0.3 is 6.09 Å². The van der Waals surface area contributed by atoms with E-state index >= 15 is 0 Å². The molecule has 24 heavy (non-hydrogen) atoms. The molecule has 1 aliphatic heterocycles. The minimum Gasteiger partial charge on any atom is -0.492 e. The fourth-order valence-corrected chi connectivity index (χ4v) is 2.58. The first-order valence-corrected chi connectivity index (χ1v) is 8.12. The van der Waals surface area contributed by atoms with Gasteiger partial charge in [-0.25, -0.2) is 13.6 Å². The van der Waals surface area contributed by atoms with E-state index in [1.165, 1.54) is 11.9 Å². The Hall–Kier alpha value is -1.89. The standard InChI is InChI=1S/C17H24F2N2O3/c1-20(16(22)23)8-5-14-3-2-4-15(13-14)24-12-11-21-9-6-17(18,19)7-10-21/h2-4,13H,5-12H2,1H3,(H,22,23). The summed E-state index contributed by atoms with van der Waals surface area (Å²) in [5, 5.41) is 8.84. The highest BCUT2D eigenvalue weighted by atomic mass is 19.3. The highest BCUT2D eigenvalue weighted by Crippen LogP contribution is 2.27. The summed E-state index contributed by atoms with van der Waals surface area (Å²) in [6, 6.07) is 7.52. The van der Waals surface area contributed by atoms with Gasteiger partial charge in [-0.05, 0) is 24.1 Å². The Morgan fingerprint density at radius 1 is 1.38 bits per heavy atom. The van der Waals surface area contributed by atoms with Crippen LogP contribution >= 0.6 is 0 Å². The van der Waals surface area contributed by atoms with E-state index in [-0.39, 0.29) is 12.8 Å². The molecule has 0 spiro atoms. The van der Waals surface area contributed by atoms with Gasteiger partial charge in [0.15, 0.2) is 0 Å². The third kappa shape index (κ3) is 5.96. The van der Waals surface area contributed by atoms with Gasteiger partial charge in [0.2, 0.25) is 0 Å². The van der Waals surface area contributed by atoms with E-state index in [1.54, 1.807) is 0 Å². The van der Waals surface area contributed by atoms with Gasteiger partial charge in [-0.15, -0.1) is 0 Å². The molecule has 0 radical (unpaired) electrons. The SMILES string of the molecule is CN(CCc1cccc(OCCN2CCC(F)(F)CC2)c1)C(=O)O. The lowest BCUT2D eigenvalue weighted by atomic mass is 10.1. The van der Waals surface area contributed by atoms with Crippen LogP contribution in [-0.2, 0) is 6.42 Å². The number of piperidine rings is 1. The molecule has 1 aliphatic rings. The molecule has 0 saturated carbocycles. The quantitative estimate of drug-likeness (QED) is 0.828. The molecule has 1 amide bonds. The van der Waals surface area contributed by atoms with Gasteiger partial charge in [-0.2, -0.15) is 0 Å². The molecule has 1 fully saturated rings. The predicted molar refractivity (Wildman–Crippen MR) is 86.9 cm³/mol. The van der Waals surface area contributed by atoms with Crippen molar-refractivity contribution in [1.82, 2.24) is 9.80 Å². The average molecular weight is 342 g/mol. The van der Waals surface area contributed by atoms with Crippen molar-refractivity contribution in [2.45, 2.75) is 25.2 Å². The number of halogens is 2. The van der Waals surface area contributed by atoms with Crippen LogP contribution in [-0.4, -0.2) is 66.8 Å². The zero-order valence-electron chi connectivity index (χ0n) is 13.9. The number of alkyl halides is 2. The normalized spacial score (nSPS) is 17.5. The molecule has 0 atom stereocenters. The maximum Gasteiger partial charge on any atom is 0.407 e. The maximum absolute atomic E-state index is 13.1. The Kier molecular flexibility index (Phi) is 6.36. The van der Waals surface area contributed by atoms with Gasteiger partial charge < -0.3 is 14.7 Å². The summed E-state index contributed by atoms with van der Waals surface area (Å²) in [4.78, 5) is 14.0. The van der Waals surface area contributed by atoms with Crippen molar-refractivity contribution >= 4 is 6.09 Å². The van der Waals surface area contributed by atoms with Crippen molar-refractivity contribution in [3.05, 3.63) is 29.8 Å². The van der Waals surface area contributed by atoms with E-state index in [4.69, 9.17) is 9.84 Å². The van der Waals surface area contributed by atoms with Crippen molar-refractivity contribution in [1.29, 1.82) is 0 Å². The topological polar surface area (TPSA) is 53.0 Å². The number of nitrogens with zero attached hydrogens (tertiary/aromatic N) is 2. The van der Waals surface area contributed by atoms with Crippen LogP contribution in [0.15, 0.2) is 24.3 Å². The minimum atomic E-state index is -2.52. The first kappa shape index (κ1) is 18.4. The fraction of sp³-hybridized carbons (Fsp3) is 0.588. The van der Waals surface area contributed by atoms with E-state index in [9.17, 15) is 13.6 Å². The second-order valence-electron chi connectivity index (χ2n) is 6.15. The molecule has 7 heteroatoms. The Balaban J connectivity index is 1.73. The summed E-state index contributed by atoms with van der Waals surface area (Å²) in [5.74, 6) is -1.80. The van der Waals surface area contributed by atoms with Gasteiger partial charge in [0, 0.05) is 46.1 Å². The van der Waals surface area contributed by atoms with Crippen molar-refractivity contribution in [2.75, 3.05) is 39.8 Å². The summed E-state index contributed by atoms with van der Waals surface area (Å²) in [7, 11) is 1.53. The lowest BCUT2D eigenvalue weighted by Gasteiger charge is -2.31. The largest absolute Gasteiger partial charge is 0.492 e. The van der Waals surface area contributed by atoms with Crippen LogP contribution in [0.25, 0.3) is 0 Å². The van der Waals surface area contributed by atoms with Gasteiger partial charge in [-0.1, -0.05) is 12.1 Å². The summed E-state index contributed by atoms with van der Waals surface area (Å²) in [6.45, 7) is 2.29. The van der Waals surface area contributed by atoms with E-state index < -0.39 is 12.0 Å². The second kappa shape index (κ2) is 8.28. The highest BCUT2D eigenvalue weighted by molar-refractivity contribution is 5.64. The van der Waals surface area contributed by atoms with Crippen molar-refractivity contribution in [3.63, 3.8) is 0 Å². The third-order valence-electron chi connectivity index (χ3n) is 4.22. The van der Waals surface area contributed by atoms with E-state index in [0.29, 0.717) is 45.0 Å². The van der Waals surface area contributed by atoms with E-state index in [0.717, 1.165) is 5.56 Å². The molecule has 5 nitrogen and oxygen atoms in total. The number of hydrogen-bond acceptors (Lipinski definition) is 3. The monoisotopic (exact) mass is 342 g/mol. The summed E-state index contributed by atoms with van der Waals surface area (Å²) < 4.78 is 31.9. The lowest BCUT2D eigenvalue weighted by molar-refractivity contribution is -0.0564. The Bertz CT molecular complexity index is 544. The molecule has 0 unspecified atom stereocenters. The molecule has 1 aromatic rings. The number of amides is 1. The molecule has 0 aliphatic carbocycles. The molecule has 134 valence electrons. The Morgan fingerprint density at radius 3 is 2.75 bits per heavy atom. The molecule has 0 aromatic heterocycles. The average Bonchev–Trinajstić information content (AvgIpc) is 2.54. The van der Waals surface area contributed by atoms with Gasteiger partial charge in [0.1, 0.15) is 12.4 Å². The van der Waals surface area contributed by atoms with Crippen LogP contribution in [0.1, 0.15) is 18.4 Å². The molecule has 1 aromatic carbocycles. The van der Waals surface area contributed by atoms with E-state index in [1.807, 2.05) is 29.2 Å². The number of benzene rings is 1. The molecule has 1 heterocycles. The summed E-state index contributed by atoms with van der Waals surface area (Å²) in [6.07, 6.45) is -0.505. The van der Waals surface area contributed by atoms with Crippen LogP contribution in [0.5, 0.6) is 5.75 Å². The number of rotatable bonds is 7. The number of likely N-dealkylation sites (N-methyl/N-ethyl adjacent to an activating group) is 1. The third-order valence-corrected chi connectivity index (χ3v) is 4.22. The van der Waals surface area contributed by atoms with Crippen LogP contribution < -0.4 is 4.74 Å². The van der Waals surface area contributed by atoms with Crippen molar-refractivity contribution in [3.8, 4) is 5.75 Å². The predicted octanol–water partition coefficient (Wildman–Crippen LogP) is 2.95. The first-order chi connectivity index (χ1) is 11.4. The molecule has 1 saturated heterocycles. The number of ether oxygens (including phenoxy) is 1. The molecule has 0 bridgehead atoms. The molecule has 2 rings (SSSR count). The smallest absolute Gasteiger partial charge is 0.407 e. The zero-order valence-corrected chi connectivity index (χ0v) is 13.9. The van der Waals surface area contributed by atoms with Crippen LogP contribution in [0.2, 0.25) is 0 Å². The molecular weight excluding hydrogens is 318 g/mol. The van der Waals surface area contributed by atoms with Crippen LogP contribution in [0, 0.1) is 0 Å².